The van der Waals surface area contributed by atoms with Gasteiger partial charge in [0.2, 0.25) is 0 Å². The number of benzene rings is 2. The highest BCUT2D eigenvalue weighted by molar-refractivity contribution is 5.67. The Morgan fingerprint density at radius 2 is 1.39 bits per heavy atom. The summed E-state index contributed by atoms with van der Waals surface area (Å²) in [7, 11) is 0. The molecule has 4 nitrogen and oxygen atoms in total. The van der Waals surface area contributed by atoms with Crippen molar-refractivity contribution in [2.45, 2.75) is 13.2 Å². The number of carbonyl (C=O) groups is 1. The third-order valence-corrected chi connectivity index (χ3v) is 4.08. The fraction of sp³-hybridized carbons (Fsp3) is 0.316. The average Bonchev–Trinajstić information content (AvgIpc) is 2.62. The van der Waals surface area contributed by atoms with Crippen molar-refractivity contribution in [2.75, 3.05) is 26.2 Å². The van der Waals surface area contributed by atoms with Crippen LogP contribution in [0.2, 0.25) is 0 Å². The number of carbonyl (C=O) groups excluding carboxylic acids is 1. The first kappa shape index (κ1) is 15.6. The van der Waals surface area contributed by atoms with Gasteiger partial charge < -0.3 is 9.64 Å². The minimum absolute atomic E-state index is 0.215. The molecule has 1 aliphatic rings. The molecule has 23 heavy (non-hydrogen) atoms. The Hall–Kier alpha value is -2.33. The van der Waals surface area contributed by atoms with Crippen molar-refractivity contribution in [3.63, 3.8) is 0 Å². The number of ether oxygens (including phenoxy) is 1. The molecule has 2 aromatic rings. The van der Waals surface area contributed by atoms with E-state index in [-0.39, 0.29) is 6.09 Å². The second-order valence-electron chi connectivity index (χ2n) is 5.79. The summed E-state index contributed by atoms with van der Waals surface area (Å²) in [5.41, 5.74) is 2.33. The number of amides is 1. The molecule has 0 radical (unpaired) electrons. The lowest BCUT2D eigenvalue weighted by atomic mass is 10.2. The summed E-state index contributed by atoms with van der Waals surface area (Å²) in [4.78, 5) is 16.3. The Kier molecular flexibility index (Phi) is 5.27. The molecule has 4 heteroatoms. The van der Waals surface area contributed by atoms with Gasteiger partial charge in [-0.2, -0.15) is 0 Å². The Balaban J connectivity index is 1.42. The fourth-order valence-electron chi connectivity index (χ4n) is 2.74. The van der Waals surface area contributed by atoms with E-state index >= 15 is 0 Å². The van der Waals surface area contributed by atoms with Gasteiger partial charge in [0.15, 0.2) is 0 Å². The van der Waals surface area contributed by atoms with Crippen LogP contribution in [0, 0.1) is 0 Å². The molecule has 0 N–H and O–H groups in total. The molecule has 1 aliphatic heterocycles. The van der Waals surface area contributed by atoms with Gasteiger partial charge in [-0.15, -0.1) is 0 Å². The summed E-state index contributed by atoms with van der Waals surface area (Å²) in [5, 5.41) is 0. The summed E-state index contributed by atoms with van der Waals surface area (Å²) < 4.78 is 5.39. The monoisotopic (exact) mass is 310 g/mol. The second-order valence-corrected chi connectivity index (χ2v) is 5.79. The van der Waals surface area contributed by atoms with Gasteiger partial charge in [0, 0.05) is 32.7 Å². The lowest BCUT2D eigenvalue weighted by Gasteiger charge is -2.34. The van der Waals surface area contributed by atoms with Gasteiger partial charge in [-0.05, 0) is 11.1 Å². The third-order valence-electron chi connectivity index (χ3n) is 4.08. The normalized spacial score (nSPS) is 15.4. The molecule has 0 atom stereocenters. The van der Waals surface area contributed by atoms with Gasteiger partial charge in [0.25, 0.3) is 0 Å². The molecule has 0 saturated carbocycles. The van der Waals surface area contributed by atoms with E-state index in [0.29, 0.717) is 6.61 Å². The molecule has 0 aromatic heterocycles. The van der Waals surface area contributed by atoms with Crippen LogP contribution in [-0.2, 0) is 17.9 Å². The van der Waals surface area contributed by atoms with E-state index < -0.39 is 0 Å². The maximum Gasteiger partial charge on any atom is 0.410 e. The molecule has 2 aromatic carbocycles. The van der Waals surface area contributed by atoms with E-state index in [1.165, 1.54) is 5.56 Å². The first-order chi connectivity index (χ1) is 11.3. The lowest BCUT2D eigenvalue weighted by Crippen LogP contribution is -2.48. The number of rotatable bonds is 4. The van der Waals surface area contributed by atoms with Crippen LogP contribution in [0.1, 0.15) is 11.1 Å². The van der Waals surface area contributed by atoms with Crippen LogP contribution in [0.5, 0.6) is 0 Å². The highest BCUT2D eigenvalue weighted by Gasteiger charge is 2.22. The van der Waals surface area contributed by atoms with E-state index in [2.05, 4.69) is 29.2 Å². The quantitative estimate of drug-likeness (QED) is 0.870. The first-order valence-electron chi connectivity index (χ1n) is 8.03. The summed E-state index contributed by atoms with van der Waals surface area (Å²) in [5.74, 6) is 0. The van der Waals surface area contributed by atoms with Crippen molar-refractivity contribution < 1.29 is 9.53 Å². The zero-order chi connectivity index (χ0) is 15.9. The summed E-state index contributed by atoms with van der Waals surface area (Å²) >= 11 is 0. The van der Waals surface area contributed by atoms with Crippen LogP contribution in [0.3, 0.4) is 0 Å². The Labute approximate surface area is 137 Å². The molecule has 0 spiro atoms. The molecule has 120 valence electrons. The number of piperazine rings is 1. The highest BCUT2D eigenvalue weighted by atomic mass is 16.6. The third kappa shape index (κ3) is 4.57. The van der Waals surface area contributed by atoms with E-state index in [4.69, 9.17) is 4.74 Å². The Bertz CT molecular complexity index is 608. The molecule has 1 fully saturated rings. The number of hydrogen-bond acceptors (Lipinski definition) is 3. The molecule has 1 amide bonds. The van der Waals surface area contributed by atoms with Crippen LogP contribution >= 0.6 is 0 Å². The standard InChI is InChI=1S/C19H22N2O2/c22-19(23-16-18-9-5-2-6-10-18)21-13-11-20(12-14-21)15-17-7-3-1-4-8-17/h1-10H,11-16H2. The van der Waals surface area contributed by atoms with Crippen molar-refractivity contribution in [3.05, 3.63) is 71.8 Å². The van der Waals surface area contributed by atoms with Crippen molar-refractivity contribution in [3.8, 4) is 0 Å². The maximum atomic E-state index is 12.1. The molecule has 0 aliphatic carbocycles. The summed E-state index contributed by atoms with van der Waals surface area (Å²) in [6.07, 6.45) is -0.215. The zero-order valence-electron chi connectivity index (χ0n) is 13.2. The van der Waals surface area contributed by atoms with Crippen molar-refractivity contribution in [2.24, 2.45) is 0 Å². The van der Waals surface area contributed by atoms with Gasteiger partial charge >= 0.3 is 6.09 Å². The van der Waals surface area contributed by atoms with E-state index in [1.807, 2.05) is 36.4 Å². The molecule has 0 bridgehead atoms. The van der Waals surface area contributed by atoms with Crippen LogP contribution in [0.15, 0.2) is 60.7 Å². The van der Waals surface area contributed by atoms with Gasteiger partial charge in [0.05, 0.1) is 0 Å². The Morgan fingerprint density at radius 3 is 2.00 bits per heavy atom. The smallest absolute Gasteiger partial charge is 0.410 e. The SMILES string of the molecule is O=C(OCc1ccccc1)N1CCN(Cc2ccccc2)CC1. The predicted molar refractivity (Wildman–Crippen MR) is 89.9 cm³/mol. The molecule has 3 rings (SSSR count). The molecular formula is C19H22N2O2. The van der Waals surface area contributed by atoms with Crippen LogP contribution in [0.4, 0.5) is 4.79 Å². The second kappa shape index (κ2) is 7.79. The average molecular weight is 310 g/mol. The number of nitrogens with zero attached hydrogens (tertiary/aromatic N) is 2. The topological polar surface area (TPSA) is 32.8 Å². The van der Waals surface area contributed by atoms with Crippen LogP contribution in [-0.4, -0.2) is 42.1 Å². The van der Waals surface area contributed by atoms with Crippen molar-refractivity contribution in [1.82, 2.24) is 9.80 Å². The van der Waals surface area contributed by atoms with E-state index in [0.717, 1.165) is 38.3 Å². The zero-order valence-corrected chi connectivity index (χ0v) is 13.2. The van der Waals surface area contributed by atoms with Crippen molar-refractivity contribution >= 4 is 6.09 Å². The maximum absolute atomic E-state index is 12.1. The largest absolute Gasteiger partial charge is 0.445 e. The highest BCUT2D eigenvalue weighted by Crippen LogP contribution is 2.10. The van der Waals surface area contributed by atoms with Gasteiger partial charge in [-0.25, -0.2) is 4.79 Å². The van der Waals surface area contributed by atoms with Crippen molar-refractivity contribution in [1.29, 1.82) is 0 Å². The van der Waals surface area contributed by atoms with Crippen LogP contribution in [0.25, 0.3) is 0 Å². The first-order valence-corrected chi connectivity index (χ1v) is 8.03. The lowest BCUT2D eigenvalue weighted by molar-refractivity contribution is 0.0700. The molecule has 1 saturated heterocycles. The minimum atomic E-state index is -0.215. The van der Waals surface area contributed by atoms with Gasteiger partial charge in [-0.3, -0.25) is 4.90 Å². The fourth-order valence-corrected chi connectivity index (χ4v) is 2.74. The van der Waals surface area contributed by atoms with E-state index in [9.17, 15) is 4.79 Å². The molecular weight excluding hydrogens is 288 g/mol. The minimum Gasteiger partial charge on any atom is -0.445 e. The van der Waals surface area contributed by atoms with Gasteiger partial charge in [-0.1, -0.05) is 60.7 Å². The number of hydrogen-bond donors (Lipinski definition) is 0. The molecule has 0 unspecified atom stereocenters. The van der Waals surface area contributed by atoms with Crippen LogP contribution < -0.4 is 0 Å². The summed E-state index contributed by atoms with van der Waals surface area (Å²) in [6.45, 7) is 4.49. The summed E-state index contributed by atoms with van der Waals surface area (Å²) in [6, 6.07) is 20.2. The molecule has 1 heterocycles. The predicted octanol–water partition coefficient (Wildman–Crippen LogP) is 3.14. The van der Waals surface area contributed by atoms with E-state index in [1.54, 1.807) is 4.90 Å². The Morgan fingerprint density at radius 1 is 0.826 bits per heavy atom. The van der Waals surface area contributed by atoms with Gasteiger partial charge in [0.1, 0.15) is 6.61 Å².